The number of nitrogens with zero attached hydrogens (tertiary/aromatic N) is 14. The van der Waals surface area contributed by atoms with Crippen molar-refractivity contribution in [3.63, 3.8) is 0 Å². The smallest absolute Gasteiger partial charge is 0.410 e. The summed E-state index contributed by atoms with van der Waals surface area (Å²) in [5.41, 5.74) is 15.7. The van der Waals surface area contributed by atoms with E-state index in [1.54, 1.807) is 9.80 Å². The van der Waals surface area contributed by atoms with Crippen LogP contribution < -0.4 is 11.1 Å². The molecule has 24 nitrogen and oxygen atoms in total. The summed E-state index contributed by atoms with van der Waals surface area (Å²) in [5, 5.41) is 25.3. The number of hydrogen-bond donors (Lipinski definition) is 2. The topological polar surface area (TPSA) is 288 Å². The number of carbonyl (C=O) groups excluding carboxylic acids is 2. The van der Waals surface area contributed by atoms with Gasteiger partial charge >= 0.3 is 12.2 Å². The first-order valence-corrected chi connectivity index (χ1v) is 44.7. The van der Waals surface area contributed by atoms with Crippen molar-refractivity contribution < 1.29 is 37.0 Å². The zero-order valence-corrected chi connectivity index (χ0v) is 63.9. The van der Waals surface area contributed by atoms with Crippen molar-refractivity contribution in [3.8, 4) is 43.9 Å². The molecule has 2 fully saturated rings. The lowest BCUT2D eigenvalue weighted by molar-refractivity contribution is 0.0678. The third kappa shape index (κ3) is 20.0. The minimum absolute atomic E-state index is 0.0123. The SMILES string of the molecule is C[C@@H]1CC[C@@H](N)CN1C(=O)OCc1ccccc1.Cc1nnc(-c2ccc3c(-c4nc(N[C@@H]5CC[C@@H](C)N(C(=O)OCc6ccccc6)C5)ncc4C)cn(COCC[Si](C)(C)C)c3n2)s1.Cc1nnc(-c2ccc3c(-c4nc(S(C)(=O)=O)ncc4C)cn(COCC[Si](C)(C)C)c3n2)s1. The Morgan fingerprint density at radius 2 is 1.05 bits per heavy atom. The van der Waals surface area contributed by atoms with E-state index < -0.39 is 26.0 Å². The highest BCUT2D eigenvalue weighted by Gasteiger charge is 2.32. The van der Waals surface area contributed by atoms with Gasteiger partial charge in [-0.15, -0.1) is 20.4 Å². The van der Waals surface area contributed by atoms with Gasteiger partial charge in [-0.1, -0.05) is 123 Å². The highest BCUT2D eigenvalue weighted by atomic mass is 32.2. The van der Waals surface area contributed by atoms with Gasteiger partial charge in [0.2, 0.25) is 20.9 Å². The third-order valence-corrected chi connectivity index (χ3v) is 23.2. The summed E-state index contributed by atoms with van der Waals surface area (Å²) in [6.45, 7) is 29.6. The Balaban J connectivity index is 0.000000180. The van der Waals surface area contributed by atoms with Crippen LogP contribution in [0.1, 0.15) is 71.8 Å². The van der Waals surface area contributed by atoms with Crippen LogP contribution in [0.5, 0.6) is 0 Å². The summed E-state index contributed by atoms with van der Waals surface area (Å²) in [6.07, 6.45) is 11.6. The van der Waals surface area contributed by atoms with Gasteiger partial charge in [-0.05, 0) is 126 Å². The summed E-state index contributed by atoms with van der Waals surface area (Å²) < 4.78 is 51.3. The minimum atomic E-state index is -3.55. The molecule has 0 aliphatic carbocycles. The highest BCUT2D eigenvalue weighted by molar-refractivity contribution is 7.90. The van der Waals surface area contributed by atoms with Crippen molar-refractivity contribution in [2.45, 2.75) is 175 Å². The Morgan fingerprint density at radius 3 is 1.51 bits per heavy atom. The van der Waals surface area contributed by atoms with Gasteiger partial charge < -0.3 is 48.9 Å². The predicted molar refractivity (Wildman–Crippen MR) is 399 cm³/mol. The van der Waals surface area contributed by atoms with E-state index >= 15 is 0 Å². The fraction of sp³-hybridized carbons (Fsp3) is 0.437. The van der Waals surface area contributed by atoms with Gasteiger partial charge in [-0.2, -0.15) is 0 Å². The molecule has 2 saturated heterocycles. The molecule has 100 heavy (non-hydrogen) atoms. The summed E-state index contributed by atoms with van der Waals surface area (Å²) in [4.78, 5) is 56.5. The Kier molecular flexibility index (Phi) is 24.6. The number of ether oxygens (including phenoxy) is 4. The highest BCUT2D eigenvalue weighted by Crippen LogP contribution is 2.36. The maximum Gasteiger partial charge on any atom is 0.410 e. The van der Waals surface area contributed by atoms with Gasteiger partial charge in [-0.25, -0.2) is 47.9 Å². The van der Waals surface area contributed by atoms with E-state index in [0.717, 1.165) is 131 Å². The molecule has 10 aromatic rings. The van der Waals surface area contributed by atoms with Crippen LogP contribution in [0.25, 0.3) is 66.0 Å². The van der Waals surface area contributed by atoms with E-state index in [4.69, 9.17) is 39.6 Å². The number of nitrogens with one attached hydrogen (secondary N) is 1. The Bertz CT molecular complexity index is 4540. The molecular weight excluding hydrogens is 1360 g/mol. The first kappa shape index (κ1) is 74.4. The summed E-state index contributed by atoms with van der Waals surface area (Å²) in [5.74, 6) is 0.522. The fourth-order valence-electron chi connectivity index (χ4n) is 11.3. The van der Waals surface area contributed by atoms with Crippen LogP contribution in [0.3, 0.4) is 0 Å². The maximum atomic E-state index is 13.1. The lowest BCUT2D eigenvalue weighted by Crippen LogP contribution is -2.50. The summed E-state index contributed by atoms with van der Waals surface area (Å²) in [6, 6.07) is 29.9. The number of aryl methyl sites for hydroxylation is 4. The molecule has 0 spiro atoms. The summed E-state index contributed by atoms with van der Waals surface area (Å²) in [7, 11) is -5.99. The van der Waals surface area contributed by atoms with Crippen molar-refractivity contribution in [2.75, 3.05) is 37.9 Å². The quantitative estimate of drug-likeness (QED) is 0.0384. The second-order valence-electron chi connectivity index (χ2n) is 28.1. The Hall–Kier alpha value is -8.30. The average molecular weight is 1450 g/mol. The molecule has 29 heteroatoms. The number of hydrogen-bond acceptors (Lipinski definition) is 22. The van der Waals surface area contributed by atoms with E-state index in [1.807, 2.05) is 130 Å². The summed E-state index contributed by atoms with van der Waals surface area (Å²) >= 11 is 3.01. The van der Waals surface area contributed by atoms with Gasteiger partial charge in [-0.3, -0.25) is 0 Å². The number of likely N-dealkylation sites (tertiary alicyclic amines) is 2. The van der Waals surface area contributed by atoms with Gasteiger partial charge in [0, 0.05) is 120 Å². The average Bonchev–Trinajstić information content (AvgIpc) is 1.62. The Labute approximate surface area is 595 Å². The number of piperidine rings is 2. The van der Waals surface area contributed by atoms with E-state index in [0.29, 0.717) is 63.7 Å². The number of anilines is 1. The molecule has 0 unspecified atom stereocenters. The molecule has 0 radical (unpaired) electrons. The van der Waals surface area contributed by atoms with Crippen molar-refractivity contribution in [1.82, 2.24) is 69.2 Å². The number of nitrogens with two attached hydrogens (primary N) is 1. The monoisotopic (exact) mass is 1450 g/mol. The third-order valence-electron chi connectivity index (χ3n) is 17.2. The van der Waals surface area contributed by atoms with Crippen LogP contribution in [-0.4, -0.2) is 163 Å². The second-order valence-corrected chi connectivity index (χ2v) is 43.6. The molecule has 8 aromatic heterocycles. The molecule has 12 rings (SSSR count). The molecule has 2 amide bonds. The van der Waals surface area contributed by atoms with Crippen LogP contribution in [0.4, 0.5) is 15.5 Å². The molecule has 0 saturated carbocycles. The lowest BCUT2D eigenvalue weighted by atomic mass is 10.00. The van der Waals surface area contributed by atoms with Crippen LogP contribution in [-0.2, 0) is 55.5 Å². The van der Waals surface area contributed by atoms with Crippen LogP contribution in [0, 0.1) is 27.7 Å². The van der Waals surface area contributed by atoms with E-state index in [1.165, 1.54) is 28.9 Å². The molecule has 2 aromatic carbocycles. The molecular formula is C71H92N16O8S3Si2. The van der Waals surface area contributed by atoms with Gasteiger partial charge in [0.25, 0.3) is 0 Å². The number of carbonyl (C=O) groups is 2. The van der Waals surface area contributed by atoms with Crippen LogP contribution in [0.2, 0.25) is 51.4 Å². The molecule has 3 N–H and O–H groups in total. The zero-order chi connectivity index (χ0) is 71.5. The number of benzene rings is 2. The van der Waals surface area contributed by atoms with Crippen molar-refractivity contribution in [3.05, 3.63) is 142 Å². The van der Waals surface area contributed by atoms with Crippen LogP contribution in [0.15, 0.2) is 115 Å². The predicted octanol–water partition coefficient (Wildman–Crippen LogP) is 14.0. The largest absolute Gasteiger partial charge is 0.445 e. The number of rotatable bonds is 21. The van der Waals surface area contributed by atoms with Crippen molar-refractivity contribution in [2.24, 2.45) is 5.73 Å². The maximum absolute atomic E-state index is 13.1. The molecule has 4 atom stereocenters. The fourth-order valence-corrected chi connectivity index (χ4v) is 14.7. The standard InChI is InChI=1S/C35H44N8O3SSi.C22H28N6O3S2Si.C14H20N2O2/c1-23-18-36-34(37-27-13-12-24(2)43(19-27)35(44)46-21-26-10-8-7-9-11-26)39-31(23)29-20-42(22-45-16-17-48(4,5)6)32-28(29)14-15-30(38-32)33-41-40-25(3)47-33;1-14-11-23-22(33(3,29)30)25-19(14)17-12-28(13-31-9-10-34(4,5)6)20-16(17)7-8-18(24-20)21-27-26-15(2)32-21;1-11-7-8-13(15)9-16(11)14(17)18-10-12-5-3-2-4-6-12/h7-11,14-15,18,20,24,27H,12-13,16-17,19,21-22H2,1-6H3,(H,36,37,39);7-8,11-12H,9-10,13H2,1-6H3;2-6,11,13H,7-10,15H2,1H3/t24-,27-;;11-,13-/m1.1/s1. The number of sulfone groups is 1. The number of amides is 2. The number of aromatic nitrogens is 12. The zero-order valence-electron chi connectivity index (χ0n) is 59.4. The van der Waals surface area contributed by atoms with E-state index in [2.05, 4.69) is 104 Å². The molecule has 530 valence electrons. The second kappa shape index (κ2) is 33.0. The number of pyridine rings is 2. The molecule has 10 heterocycles. The first-order valence-electron chi connectivity index (χ1n) is 33.7. The van der Waals surface area contributed by atoms with E-state index in [9.17, 15) is 18.0 Å². The van der Waals surface area contributed by atoms with E-state index in [-0.39, 0.29) is 48.1 Å². The number of fused-ring (bicyclic) bond motifs is 2. The van der Waals surface area contributed by atoms with Crippen molar-refractivity contribution in [1.29, 1.82) is 0 Å². The van der Waals surface area contributed by atoms with Crippen molar-refractivity contribution >= 4 is 88.9 Å². The molecule has 2 aliphatic heterocycles. The molecule has 0 bridgehead atoms. The normalized spacial score (nSPS) is 16.6. The first-order chi connectivity index (χ1) is 47.6. The lowest BCUT2D eigenvalue weighted by Gasteiger charge is -2.37. The molecule has 2 aliphatic rings. The van der Waals surface area contributed by atoms with Gasteiger partial charge in [0.15, 0.2) is 10.0 Å². The van der Waals surface area contributed by atoms with Gasteiger partial charge in [0.05, 0.1) is 11.4 Å². The van der Waals surface area contributed by atoms with Crippen LogP contribution >= 0.6 is 22.7 Å². The minimum Gasteiger partial charge on any atom is -0.445 e. The Morgan fingerprint density at radius 1 is 0.590 bits per heavy atom. The van der Waals surface area contributed by atoms with Gasteiger partial charge in [0.1, 0.15) is 59.4 Å².